The van der Waals surface area contributed by atoms with Crippen LogP contribution in [-0.4, -0.2) is 49.1 Å². The maximum atomic E-state index is 5.78. The molecule has 0 spiro atoms. The van der Waals surface area contributed by atoms with E-state index < -0.39 is 5.79 Å². The summed E-state index contributed by atoms with van der Waals surface area (Å²) < 4.78 is 11.5. The van der Waals surface area contributed by atoms with E-state index in [2.05, 4.69) is 11.2 Å². The van der Waals surface area contributed by atoms with E-state index >= 15 is 0 Å². The minimum Gasteiger partial charge on any atom is -0.342 e. The van der Waals surface area contributed by atoms with Crippen molar-refractivity contribution in [1.82, 2.24) is 4.90 Å². The lowest BCUT2D eigenvalue weighted by Gasteiger charge is -2.22. The van der Waals surface area contributed by atoms with Gasteiger partial charge < -0.3 is 9.47 Å². The van der Waals surface area contributed by atoms with E-state index in [0.29, 0.717) is 0 Å². The first kappa shape index (κ1) is 11.3. The molecule has 0 aliphatic carbocycles. The topological polar surface area (TPSA) is 21.7 Å². The van der Waals surface area contributed by atoms with Crippen LogP contribution in [0.3, 0.4) is 0 Å². The molecule has 0 amide bonds. The van der Waals surface area contributed by atoms with E-state index in [1.807, 2.05) is 27.9 Å². The van der Waals surface area contributed by atoms with Crippen LogP contribution in [-0.2, 0) is 9.47 Å². The van der Waals surface area contributed by atoms with Crippen molar-refractivity contribution in [1.29, 1.82) is 0 Å². The van der Waals surface area contributed by atoms with Crippen molar-refractivity contribution < 1.29 is 9.47 Å². The summed E-state index contributed by atoms with van der Waals surface area (Å²) in [5.41, 5.74) is 0. The molecule has 2 atom stereocenters. The maximum Gasteiger partial charge on any atom is 0.165 e. The molecular weight excluding hydrogens is 186 g/mol. The van der Waals surface area contributed by atoms with Gasteiger partial charge in [-0.05, 0) is 34.2 Å². The van der Waals surface area contributed by atoms with Crippen LogP contribution in [0.2, 0.25) is 0 Å². The summed E-state index contributed by atoms with van der Waals surface area (Å²) in [6.45, 7) is 3.92. The Hall–Kier alpha value is 0.230. The number of ether oxygens (including phenoxy) is 2. The zero-order valence-electron chi connectivity index (χ0n) is 9.03. The van der Waals surface area contributed by atoms with E-state index in [4.69, 9.17) is 9.47 Å². The molecule has 0 bridgehead atoms. The van der Waals surface area contributed by atoms with Crippen molar-refractivity contribution in [2.75, 3.05) is 26.1 Å². The lowest BCUT2D eigenvalue weighted by Crippen LogP contribution is -2.38. The Balaban J connectivity index is 2.60. The minimum absolute atomic E-state index is 0.0856. The van der Waals surface area contributed by atoms with Gasteiger partial charge in [-0.1, -0.05) is 0 Å². The summed E-state index contributed by atoms with van der Waals surface area (Å²) in [6, 6.07) is 0. The second-order valence-electron chi connectivity index (χ2n) is 3.98. The molecule has 1 saturated heterocycles. The van der Waals surface area contributed by atoms with Crippen LogP contribution in [0, 0.1) is 0 Å². The van der Waals surface area contributed by atoms with Crippen molar-refractivity contribution >= 4 is 11.8 Å². The average molecular weight is 205 g/mol. The Bertz CT molecular complexity index is 173. The smallest absolute Gasteiger partial charge is 0.165 e. The van der Waals surface area contributed by atoms with Crippen molar-refractivity contribution in [3.8, 4) is 0 Å². The fourth-order valence-corrected chi connectivity index (χ4v) is 2.10. The highest BCUT2D eigenvalue weighted by atomic mass is 32.2. The first-order valence-electron chi connectivity index (χ1n) is 4.47. The van der Waals surface area contributed by atoms with Crippen LogP contribution < -0.4 is 0 Å². The summed E-state index contributed by atoms with van der Waals surface area (Å²) in [4.78, 5) is 2.07. The molecule has 0 aromatic rings. The van der Waals surface area contributed by atoms with Gasteiger partial charge in [0, 0.05) is 5.75 Å². The number of nitrogens with zero attached hydrogens (tertiary/aromatic N) is 1. The fourth-order valence-electron chi connectivity index (χ4n) is 1.54. The lowest BCUT2D eigenvalue weighted by atomic mass is 10.3. The summed E-state index contributed by atoms with van der Waals surface area (Å²) in [6.07, 6.45) is 2.35. The molecule has 1 aliphatic rings. The largest absolute Gasteiger partial charge is 0.342 e. The van der Waals surface area contributed by atoms with Crippen molar-refractivity contribution in [2.45, 2.75) is 32.0 Å². The molecule has 0 saturated carbocycles. The molecular formula is C9H19NO2S. The molecule has 0 aromatic heterocycles. The van der Waals surface area contributed by atoms with Gasteiger partial charge in [-0.25, -0.2) is 0 Å². The third-order valence-electron chi connectivity index (χ3n) is 2.00. The summed E-state index contributed by atoms with van der Waals surface area (Å²) >= 11 is 1.79. The van der Waals surface area contributed by atoms with Gasteiger partial charge in [-0.15, -0.1) is 0 Å². The summed E-state index contributed by atoms with van der Waals surface area (Å²) in [5.74, 6) is 0.543. The molecule has 1 heterocycles. The van der Waals surface area contributed by atoms with Crippen LogP contribution >= 0.6 is 11.8 Å². The van der Waals surface area contributed by atoms with E-state index in [9.17, 15) is 0 Å². The standard InChI is InChI=1S/C9H19NO2S/c1-9(2)11-7(6-13-5)8(12-9)10(3)4/h7-8H,6H2,1-5H3/t7-,8-/m0/s1. The third-order valence-corrected chi connectivity index (χ3v) is 2.66. The third kappa shape index (κ3) is 2.84. The molecule has 0 radical (unpaired) electrons. The van der Waals surface area contributed by atoms with E-state index in [0.717, 1.165) is 5.75 Å². The Labute approximate surface area is 84.8 Å². The molecule has 0 N–H and O–H groups in total. The van der Waals surface area contributed by atoms with Gasteiger partial charge in [0.2, 0.25) is 0 Å². The highest BCUT2D eigenvalue weighted by Crippen LogP contribution is 2.30. The summed E-state index contributed by atoms with van der Waals surface area (Å²) in [5, 5.41) is 0. The molecule has 4 heteroatoms. The highest BCUT2D eigenvalue weighted by Gasteiger charge is 2.41. The van der Waals surface area contributed by atoms with Gasteiger partial charge in [0.1, 0.15) is 12.3 Å². The second-order valence-corrected chi connectivity index (χ2v) is 4.89. The van der Waals surface area contributed by atoms with Gasteiger partial charge in [-0.3, -0.25) is 4.90 Å². The van der Waals surface area contributed by atoms with Gasteiger partial charge in [0.15, 0.2) is 5.79 Å². The predicted molar refractivity (Wildman–Crippen MR) is 55.9 cm³/mol. The molecule has 0 unspecified atom stereocenters. The monoisotopic (exact) mass is 205 g/mol. The Kier molecular flexibility index (Phi) is 3.63. The second kappa shape index (κ2) is 4.17. The zero-order valence-corrected chi connectivity index (χ0v) is 9.85. The van der Waals surface area contributed by atoms with Crippen LogP contribution in [0.1, 0.15) is 13.8 Å². The zero-order chi connectivity index (χ0) is 10.1. The van der Waals surface area contributed by atoms with Gasteiger partial charge >= 0.3 is 0 Å². The highest BCUT2D eigenvalue weighted by molar-refractivity contribution is 7.98. The van der Waals surface area contributed by atoms with Crippen LogP contribution in [0.25, 0.3) is 0 Å². The Morgan fingerprint density at radius 2 is 1.92 bits per heavy atom. The van der Waals surface area contributed by atoms with Crippen molar-refractivity contribution in [3.05, 3.63) is 0 Å². The number of thioether (sulfide) groups is 1. The molecule has 1 aliphatic heterocycles. The van der Waals surface area contributed by atoms with Crippen LogP contribution in [0.5, 0.6) is 0 Å². The SMILES string of the molecule is CSC[C@@H]1OC(C)(C)O[C@@H]1N(C)C. The molecule has 0 aromatic carbocycles. The van der Waals surface area contributed by atoms with Gasteiger partial charge in [-0.2, -0.15) is 11.8 Å². The molecule has 13 heavy (non-hydrogen) atoms. The van der Waals surface area contributed by atoms with Gasteiger partial charge in [0.25, 0.3) is 0 Å². The van der Waals surface area contributed by atoms with E-state index in [-0.39, 0.29) is 12.3 Å². The normalized spacial score (nSPS) is 32.8. The van der Waals surface area contributed by atoms with Crippen molar-refractivity contribution in [2.24, 2.45) is 0 Å². The van der Waals surface area contributed by atoms with E-state index in [1.165, 1.54) is 0 Å². The summed E-state index contributed by atoms with van der Waals surface area (Å²) in [7, 11) is 4.03. The van der Waals surface area contributed by atoms with Gasteiger partial charge in [0.05, 0.1) is 0 Å². The number of hydrogen-bond acceptors (Lipinski definition) is 4. The Morgan fingerprint density at radius 1 is 1.31 bits per heavy atom. The Morgan fingerprint density at radius 3 is 2.38 bits per heavy atom. The number of likely N-dealkylation sites (N-methyl/N-ethyl adjacent to an activating group) is 1. The molecule has 1 fully saturated rings. The molecule has 78 valence electrons. The minimum atomic E-state index is -0.435. The molecule has 3 nitrogen and oxygen atoms in total. The van der Waals surface area contributed by atoms with Crippen LogP contribution in [0.4, 0.5) is 0 Å². The lowest BCUT2D eigenvalue weighted by molar-refractivity contribution is -0.157. The fraction of sp³-hybridized carbons (Fsp3) is 1.00. The van der Waals surface area contributed by atoms with E-state index in [1.54, 1.807) is 11.8 Å². The van der Waals surface area contributed by atoms with Crippen LogP contribution in [0.15, 0.2) is 0 Å². The quantitative estimate of drug-likeness (QED) is 0.694. The number of rotatable bonds is 3. The van der Waals surface area contributed by atoms with Crippen molar-refractivity contribution in [3.63, 3.8) is 0 Å². The average Bonchev–Trinajstić information content (AvgIpc) is 2.26. The first-order chi connectivity index (χ1) is 5.96. The molecule has 1 rings (SSSR count). The number of hydrogen-bond donors (Lipinski definition) is 0. The first-order valence-corrected chi connectivity index (χ1v) is 5.86. The predicted octanol–water partition coefficient (Wildman–Crippen LogP) is 1.39. The maximum absolute atomic E-state index is 5.78.